The number of methoxy groups -OCH3 is 2. The maximum atomic E-state index is 13.0. The summed E-state index contributed by atoms with van der Waals surface area (Å²) in [5.41, 5.74) is 9.60. The van der Waals surface area contributed by atoms with E-state index in [1.54, 1.807) is 20.4 Å². The fourth-order valence-electron chi connectivity index (χ4n) is 3.34. The van der Waals surface area contributed by atoms with Crippen LogP contribution in [-0.2, 0) is 4.74 Å². The fraction of sp³-hybridized carbons (Fsp3) is 0.217. The van der Waals surface area contributed by atoms with Crippen LogP contribution in [0.1, 0.15) is 22.3 Å². The van der Waals surface area contributed by atoms with Gasteiger partial charge in [0.25, 0.3) is 5.91 Å². The first-order valence-corrected chi connectivity index (χ1v) is 10.1. The van der Waals surface area contributed by atoms with Crippen molar-refractivity contribution in [2.75, 3.05) is 33.1 Å². The molecule has 0 saturated carbocycles. The summed E-state index contributed by atoms with van der Waals surface area (Å²) in [7, 11) is 3.22. The molecule has 2 aromatic carbocycles. The zero-order valence-corrected chi connectivity index (χ0v) is 17.9. The molecule has 9 heteroatoms. The highest BCUT2D eigenvalue weighted by molar-refractivity contribution is 6.10. The molecule has 0 bridgehead atoms. The second-order valence-corrected chi connectivity index (χ2v) is 7.08. The highest BCUT2D eigenvalue weighted by Gasteiger charge is 2.23. The minimum absolute atomic E-state index is 0.165. The van der Waals surface area contributed by atoms with Gasteiger partial charge in [-0.05, 0) is 36.2 Å². The maximum Gasteiger partial charge on any atom is 0.257 e. The largest absolute Gasteiger partial charge is 0.497 e. The number of para-hydroxylation sites is 2. The molecule has 0 saturated heterocycles. The number of nitrogens with two attached hydrogens (primary N) is 1. The van der Waals surface area contributed by atoms with Crippen molar-refractivity contribution in [3.63, 3.8) is 0 Å². The number of nitrogens with one attached hydrogen (secondary N) is 1. The summed E-state index contributed by atoms with van der Waals surface area (Å²) in [6, 6.07) is 14.9. The summed E-state index contributed by atoms with van der Waals surface area (Å²) < 4.78 is 11.7. The number of amides is 1. The Bertz CT molecular complexity index is 1300. The average molecular weight is 432 g/mol. The monoisotopic (exact) mass is 432 g/mol. The van der Waals surface area contributed by atoms with Crippen molar-refractivity contribution >= 4 is 40.1 Å². The number of carbonyl (C=O) groups excluding carboxylic acids is 1. The lowest BCUT2D eigenvalue weighted by Gasteiger charge is -2.05. The maximum absolute atomic E-state index is 13.0. The molecule has 3 N–H and O–H groups in total. The Balaban J connectivity index is 1.80. The van der Waals surface area contributed by atoms with Crippen LogP contribution in [0, 0.1) is 0 Å². The number of anilines is 1. The van der Waals surface area contributed by atoms with Gasteiger partial charge in [0.1, 0.15) is 22.6 Å². The first-order chi connectivity index (χ1) is 15.6. The fourth-order valence-corrected chi connectivity index (χ4v) is 3.34. The molecule has 0 unspecified atom stereocenters. The molecular formula is C23H24N6O3. The number of rotatable bonds is 8. The first kappa shape index (κ1) is 21.3. The average Bonchev–Trinajstić information content (AvgIpc) is 3.09. The molecule has 164 valence electrons. The van der Waals surface area contributed by atoms with E-state index in [0.29, 0.717) is 47.5 Å². The smallest absolute Gasteiger partial charge is 0.257 e. The third-order valence-electron chi connectivity index (χ3n) is 4.93. The Morgan fingerprint density at radius 2 is 1.94 bits per heavy atom. The molecule has 0 fully saturated rings. The van der Waals surface area contributed by atoms with Gasteiger partial charge in [-0.1, -0.05) is 24.3 Å². The molecule has 4 aromatic rings. The van der Waals surface area contributed by atoms with E-state index >= 15 is 0 Å². The quantitative estimate of drug-likeness (QED) is 0.327. The van der Waals surface area contributed by atoms with Crippen LogP contribution < -0.4 is 15.8 Å². The molecule has 0 radical (unpaired) electrons. The third kappa shape index (κ3) is 4.23. The van der Waals surface area contributed by atoms with E-state index in [1.165, 1.54) is 4.68 Å². The molecule has 0 aliphatic carbocycles. The number of nitrogen functional groups attached to an aromatic ring is 1. The van der Waals surface area contributed by atoms with Gasteiger partial charge in [-0.15, -0.1) is 0 Å². The molecular weight excluding hydrogens is 408 g/mol. The van der Waals surface area contributed by atoms with Gasteiger partial charge in [-0.3, -0.25) is 4.79 Å². The van der Waals surface area contributed by atoms with Crippen molar-refractivity contribution in [1.29, 1.82) is 0 Å². The van der Waals surface area contributed by atoms with E-state index in [9.17, 15) is 4.79 Å². The lowest BCUT2D eigenvalue weighted by Crippen LogP contribution is -2.26. The zero-order chi connectivity index (χ0) is 22.5. The number of nitrogens with zero attached hydrogens (tertiary/aromatic N) is 4. The van der Waals surface area contributed by atoms with E-state index in [-0.39, 0.29) is 17.3 Å². The van der Waals surface area contributed by atoms with E-state index in [0.717, 1.165) is 5.56 Å². The Hall–Kier alpha value is -3.98. The standard InChI is InChI=1S/C23H24N6O3/c1-31-12-6-11-25-23(30)19-20-22(28-18-10-4-3-9-17(18)27-20)29(21(19)24)26-14-15-7-5-8-16(13-15)32-2/h3-5,7-10,13-14H,6,11-12,24H2,1-2H3,(H,25,30)/b26-14-. The minimum Gasteiger partial charge on any atom is -0.497 e. The molecule has 9 nitrogen and oxygen atoms in total. The number of benzene rings is 2. The highest BCUT2D eigenvalue weighted by Crippen LogP contribution is 2.27. The second kappa shape index (κ2) is 9.44. The predicted octanol–water partition coefficient (Wildman–Crippen LogP) is 2.82. The summed E-state index contributed by atoms with van der Waals surface area (Å²) >= 11 is 0. The molecule has 32 heavy (non-hydrogen) atoms. The van der Waals surface area contributed by atoms with Crippen molar-refractivity contribution in [2.45, 2.75) is 6.42 Å². The van der Waals surface area contributed by atoms with Crippen molar-refractivity contribution in [1.82, 2.24) is 20.0 Å². The molecule has 0 aliphatic heterocycles. The normalized spacial score (nSPS) is 11.4. The Labute approximate surface area is 184 Å². The number of carbonyl (C=O) groups is 1. The third-order valence-corrected chi connectivity index (χ3v) is 4.93. The van der Waals surface area contributed by atoms with Crippen molar-refractivity contribution in [2.24, 2.45) is 5.10 Å². The van der Waals surface area contributed by atoms with Crippen LogP contribution in [0.15, 0.2) is 53.6 Å². The van der Waals surface area contributed by atoms with Crippen molar-refractivity contribution in [3.8, 4) is 5.75 Å². The molecule has 0 spiro atoms. The lowest BCUT2D eigenvalue weighted by molar-refractivity contribution is 0.0951. The van der Waals surface area contributed by atoms with Gasteiger partial charge >= 0.3 is 0 Å². The Morgan fingerprint density at radius 1 is 1.16 bits per heavy atom. The molecule has 2 aromatic heterocycles. The SMILES string of the molecule is COCCCNC(=O)c1c(N)n(/N=C\c2cccc(OC)c2)c2nc3ccccc3nc12. The van der Waals surface area contributed by atoms with E-state index in [4.69, 9.17) is 15.2 Å². The van der Waals surface area contributed by atoms with Gasteiger partial charge in [0.2, 0.25) is 0 Å². The van der Waals surface area contributed by atoms with Gasteiger partial charge in [-0.25, -0.2) is 9.97 Å². The molecule has 4 rings (SSSR count). The number of fused-ring (bicyclic) bond motifs is 2. The van der Waals surface area contributed by atoms with Gasteiger partial charge in [0.15, 0.2) is 5.65 Å². The second-order valence-electron chi connectivity index (χ2n) is 7.08. The van der Waals surface area contributed by atoms with Crippen molar-refractivity contribution in [3.05, 3.63) is 59.7 Å². The van der Waals surface area contributed by atoms with Crippen LogP contribution in [0.25, 0.3) is 22.2 Å². The topological polar surface area (TPSA) is 117 Å². The van der Waals surface area contributed by atoms with Gasteiger partial charge in [0.05, 0.1) is 24.4 Å². The summed E-state index contributed by atoms with van der Waals surface area (Å²) in [6.45, 7) is 1.000. The van der Waals surface area contributed by atoms with Crippen LogP contribution >= 0.6 is 0 Å². The Kier molecular flexibility index (Phi) is 6.27. The summed E-state index contributed by atoms with van der Waals surface area (Å²) in [5, 5.41) is 7.38. The number of ether oxygens (including phenoxy) is 2. The molecule has 2 heterocycles. The van der Waals surface area contributed by atoms with E-state index < -0.39 is 0 Å². The van der Waals surface area contributed by atoms with Gasteiger partial charge < -0.3 is 20.5 Å². The Morgan fingerprint density at radius 3 is 2.69 bits per heavy atom. The van der Waals surface area contributed by atoms with Crippen LogP contribution in [0.4, 0.5) is 5.82 Å². The van der Waals surface area contributed by atoms with E-state index in [2.05, 4.69) is 20.4 Å². The van der Waals surface area contributed by atoms with Gasteiger partial charge in [0, 0.05) is 20.3 Å². The molecule has 0 aliphatic rings. The summed E-state index contributed by atoms with van der Waals surface area (Å²) in [6.07, 6.45) is 2.32. The van der Waals surface area contributed by atoms with Crippen LogP contribution in [0.5, 0.6) is 5.75 Å². The van der Waals surface area contributed by atoms with E-state index in [1.807, 2.05) is 48.5 Å². The van der Waals surface area contributed by atoms with Crippen LogP contribution in [0.2, 0.25) is 0 Å². The minimum atomic E-state index is -0.330. The molecule has 0 atom stereocenters. The predicted molar refractivity (Wildman–Crippen MR) is 124 cm³/mol. The lowest BCUT2D eigenvalue weighted by atomic mass is 10.2. The highest BCUT2D eigenvalue weighted by atomic mass is 16.5. The number of aromatic nitrogens is 3. The number of hydrogen-bond donors (Lipinski definition) is 2. The summed E-state index contributed by atoms with van der Waals surface area (Å²) in [4.78, 5) is 22.3. The summed E-state index contributed by atoms with van der Waals surface area (Å²) in [5.74, 6) is 0.545. The number of hydrogen-bond acceptors (Lipinski definition) is 7. The zero-order valence-electron chi connectivity index (χ0n) is 17.9. The molecule has 1 amide bonds. The van der Waals surface area contributed by atoms with Crippen LogP contribution in [-0.4, -0.2) is 54.1 Å². The first-order valence-electron chi connectivity index (χ1n) is 10.1. The van der Waals surface area contributed by atoms with Crippen molar-refractivity contribution < 1.29 is 14.3 Å². The van der Waals surface area contributed by atoms with Gasteiger partial charge in [-0.2, -0.15) is 9.78 Å². The van der Waals surface area contributed by atoms with Crippen LogP contribution in [0.3, 0.4) is 0 Å².